The summed E-state index contributed by atoms with van der Waals surface area (Å²) in [5.41, 5.74) is 11.1. The number of hydrogen-bond acceptors (Lipinski definition) is 4. The summed E-state index contributed by atoms with van der Waals surface area (Å²) < 4.78 is 0. The standard InChI is InChI=1S/C7H15N3O2/c8-5(7(11)12)4-10-3-1-2-6(10)9/h5-6H,1-4,8-9H2,(H,11,12). The minimum atomic E-state index is -0.964. The number of rotatable bonds is 3. The van der Waals surface area contributed by atoms with Gasteiger partial charge in [-0.05, 0) is 19.4 Å². The SMILES string of the molecule is NC(CN1CCCC1N)C(=O)O. The lowest BCUT2D eigenvalue weighted by Gasteiger charge is -2.22. The lowest BCUT2D eigenvalue weighted by Crippen LogP contribution is -2.47. The molecule has 0 radical (unpaired) electrons. The van der Waals surface area contributed by atoms with Crippen molar-refractivity contribution >= 4 is 5.97 Å². The molecule has 5 heteroatoms. The van der Waals surface area contributed by atoms with E-state index in [0.717, 1.165) is 19.4 Å². The van der Waals surface area contributed by atoms with Crippen LogP contribution in [0.5, 0.6) is 0 Å². The third kappa shape index (κ3) is 2.17. The number of carboxylic acid groups (broad SMARTS) is 1. The number of aliphatic carboxylic acids is 1. The first-order chi connectivity index (χ1) is 5.61. The van der Waals surface area contributed by atoms with Gasteiger partial charge < -0.3 is 16.6 Å². The van der Waals surface area contributed by atoms with Crippen molar-refractivity contribution in [3.8, 4) is 0 Å². The van der Waals surface area contributed by atoms with E-state index in [9.17, 15) is 4.79 Å². The van der Waals surface area contributed by atoms with Crippen LogP contribution in [0.25, 0.3) is 0 Å². The highest BCUT2D eigenvalue weighted by molar-refractivity contribution is 5.73. The molecular formula is C7H15N3O2. The van der Waals surface area contributed by atoms with Crippen molar-refractivity contribution < 1.29 is 9.90 Å². The van der Waals surface area contributed by atoms with Gasteiger partial charge in [-0.25, -0.2) is 0 Å². The number of likely N-dealkylation sites (tertiary alicyclic amines) is 1. The smallest absolute Gasteiger partial charge is 0.321 e. The molecule has 0 amide bonds. The number of carbonyl (C=O) groups is 1. The minimum Gasteiger partial charge on any atom is -0.480 e. The second-order valence-electron chi connectivity index (χ2n) is 3.15. The van der Waals surface area contributed by atoms with Crippen molar-refractivity contribution in [2.45, 2.75) is 25.0 Å². The predicted octanol–water partition coefficient (Wildman–Crippen LogP) is -1.22. The summed E-state index contributed by atoms with van der Waals surface area (Å²) in [5.74, 6) is -0.964. The quantitative estimate of drug-likeness (QED) is 0.497. The molecule has 1 aliphatic rings. The molecule has 2 unspecified atom stereocenters. The van der Waals surface area contributed by atoms with Gasteiger partial charge in [-0.1, -0.05) is 0 Å². The maximum absolute atomic E-state index is 10.4. The van der Waals surface area contributed by atoms with Gasteiger partial charge in [0.1, 0.15) is 6.04 Å². The van der Waals surface area contributed by atoms with Crippen molar-refractivity contribution in [2.24, 2.45) is 11.5 Å². The molecular weight excluding hydrogens is 158 g/mol. The molecule has 0 spiro atoms. The zero-order valence-electron chi connectivity index (χ0n) is 6.94. The Kier molecular flexibility index (Phi) is 3.02. The number of carboxylic acids is 1. The molecule has 0 aromatic heterocycles. The molecule has 5 nitrogen and oxygen atoms in total. The Bertz CT molecular complexity index is 174. The Hall–Kier alpha value is -0.650. The number of nitrogens with two attached hydrogens (primary N) is 2. The van der Waals surface area contributed by atoms with Crippen LogP contribution in [0.2, 0.25) is 0 Å². The van der Waals surface area contributed by atoms with Gasteiger partial charge in [0, 0.05) is 6.54 Å². The molecule has 0 aliphatic carbocycles. The summed E-state index contributed by atoms with van der Waals surface area (Å²) in [6.07, 6.45) is 1.97. The van der Waals surface area contributed by atoms with Crippen molar-refractivity contribution in [1.82, 2.24) is 4.90 Å². The molecule has 12 heavy (non-hydrogen) atoms. The summed E-state index contributed by atoms with van der Waals surface area (Å²) in [6.45, 7) is 1.22. The van der Waals surface area contributed by atoms with E-state index in [4.69, 9.17) is 16.6 Å². The summed E-state index contributed by atoms with van der Waals surface area (Å²) in [5, 5.41) is 8.54. The highest BCUT2D eigenvalue weighted by Crippen LogP contribution is 2.12. The van der Waals surface area contributed by atoms with E-state index in [2.05, 4.69) is 0 Å². The Balaban J connectivity index is 2.35. The maximum Gasteiger partial charge on any atom is 0.321 e. The van der Waals surface area contributed by atoms with Crippen LogP contribution in [0, 0.1) is 0 Å². The Morgan fingerprint density at radius 2 is 2.42 bits per heavy atom. The minimum absolute atomic E-state index is 0.00426. The van der Waals surface area contributed by atoms with Gasteiger partial charge in [0.05, 0.1) is 6.17 Å². The molecule has 70 valence electrons. The predicted molar refractivity (Wildman–Crippen MR) is 44.4 cm³/mol. The average molecular weight is 173 g/mol. The lowest BCUT2D eigenvalue weighted by molar-refractivity contribution is -0.139. The average Bonchev–Trinajstić information content (AvgIpc) is 2.36. The third-order valence-corrected chi connectivity index (χ3v) is 2.16. The van der Waals surface area contributed by atoms with Gasteiger partial charge in [0.2, 0.25) is 0 Å². The van der Waals surface area contributed by atoms with E-state index >= 15 is 0 Å². The molecule has 0 aromatic carbocycles. The van der Waals surface area contributed by atoms with Gasteiger partial charge in [-0.2, -0.15) is 0 Å². The van der Waals surface area contributed by atoms with E-state index in [-0.39, 0.29) is 6.17 Å². The zero-order valence-corrected chi connectivity index (χ0v) is 6.94. The van der Waals surface area contributed by atoms with Crippen LogP contribution < -0.4 is 11.5 Å². The van der Waals surface area contributed by atoms with Crippen molar-refractivity contribution in [3.63, 3.8) is 0 Å². The highest BCUT2D eigenvalue weighted by atomic mass is 16.4. The number of nitrogens with zero attached hydrogens (tertiary/aromatic N) is 1. The van der Waals surface area contributed by atoms with E-state index < -0.39 is 12.0 Å². The van der Waals surface area contributed by atoms with Gasteiger partial charge in [0.25, 0.3) is 0 Å². The molecule has 1 fully saturated rings. The summed E-state index contributed by atoms with van der Waals surface area (Å²) in [4.78, 5) is 12.3. The molecule has 1 saturated heterocycles. The molecule has 0 bridgehead atoms. The fraction of sp³-hybridized carbons (Fsp3) is 0.857. The summed E-state index contributed by atoms with van der Waals surface area (Å²) in [7, 11) is 0. The van der Waals surface area contributed by atoms with E-state index in [1.165, 1.54) is 0 Å². The largest absolute Gasteiger partial charge is 0.480 e. The van der Waals surface area contributed by atoms with Crippen LogP contribution in [0.15, 0.2) is 0 Å². The first-order valence-electron chi connectivity index (χ1n) is 4.09. The Labute approximate surface area is 71.3 Å². The normalized spacial score (nSPS) is 27.3. The van der Waals surface area contributed by atoms with E-state index in [1.807, 2.05) is 4.90 Å². The molecule has 1 heterocycles. The topological polar surface area (TPSA) is 92.6 Å². The molecule has 0 aromatic rings. The molecule has 2 atom stereocenters. The fourth-order valence-electron chi connectivity index (χ4n) is 1.41. The first kappa shape index (κ1) is 9.44. The van der Waals surface area contributed by atoms with Crippen LogP contribution in [0.4, 0.5) is 0 Å². The number of hydrogen-bond donors (Lipinski definition) is 3. The van der Waals surface area contributed by atoms with Crippen molar-refractivity contribution in [2.75, 3.05) is 13.1 Å². The van der Waals surface area contributed by atoms with E-state index in [0.29, 0.717) is 6.54 Å². The lowest BCUT2D eigenvalue weighted by atomic mass is 10.3. The van der Waals surface area contributed by atoms with Crippen LogP contribution in [0.3, 0.4) is 0 Å². The molecule has 0 saturated carbocycles. The highest BCUT2D eigenvalue weighted by Gasteiger charge is 2.24. The fourth-order valence-corrected chi connectivity index (χ4v) is 1.41. The summed E-state index contributed by atoms with van der Waals surface area (Å²) >= 11 is 0. The molecule has 1 aliphatic heterocycles. The Morgan fingerprint density at radius 1 is 1.75 bits per heavy atom. The second kappa shape index (κ2) is 3.84. The van der Waals surface area contributed by atoms with Crippen LogP contribution in [-0.4, -0.2) is 41.3 Å². The molecule has 1 rings (SSSR count). The maximum atomic E-state index is 10.4. The van der Waals surface area contributed by atoms with Gasteiger partial charge in [-0.3, -0.25) is 9.69 Å². The van der Waals surface area contributed by atoms with E-state index in [1.54, 1.807) is 0 Å². The third-order valence-electron chi connectivity index (χ3n) is 2.16. The first-order valence-corrected chi connectivity index (χ1v) is 4.09. The summed E-state index contributed by atoms with van der Waals surface area (Å²) in [6, 6.07) is -0.811. The van der Waals surface area contributed by atoms with Crippen LogP contribution in [0.1, 0.15) is 12.8 Å². The molecule has 5 N–H and O–H groups in total. The van der Waals surface area contributed by atoms with Gasteiger partial charge in [0.15, 0.2) is 0 Å². The van der Waals surface area contributed by atoms with Crippen LogP contribution in [-0.2, 0) is 4.79 Å². The Morgan fingerprint density at radius 3 is 2.83 bits per heavy atom. The van der Waals surface area contributed by atoms with Crippen molar-refractivity contribution in [1.29, 1.82) is 0 Å². The zero-order chi connectivity index (χ0) is 9.14. The monoisotopic (exact) mass is 173 g/mol. The second-order valence-corrected chi connectivity index (χ2v) is 3.15. The van der Waals surface area contributed by atoms with Crippen LogP contribution >= 0.6 is 0 Å². The van der Waals surface area contributed by atoms with Gasteiger partial charge >= 0.3 is 5.97 Å². The van der Waals surface area contributed by atoms with Gasteiger partial charge in [-0.15, -0.1) is 0 Å². The van der Waals surface area contributed by atoms with Crippen molar-refractivity contribution in [3.05, 3.63) is 0 Å².